The van der Waals surface area contributed by atoms with Crippen LogP contribution in [0.2, 0.25) is 0 Å². The number of nitrogens with one attached hydrogen (secondary N) is 2. The Labute approximate surface area is 204 Å². The molecule has 0 aliphatic rings. The molecule has 3 aromatic rings. The summed E-state index contributed by atoms with van der Waals surface area (Å²) in [5.74, 6) is -1.58. The van der Waals surface area contributed by atoms with Gasteiger partial charge >= 0.3 is 0 Å². The number of hydrogen-bond acceptors (Lipinski definition) is 3. The van der Waals surface area contributed by atoms with Gasteiger partial charge in [0.2, 0.25) is 11.8 Å². The van der Waals surface area contributed by atoms with Gasteiger partial charge in [-0.25, -0.2) is 4.39 Å². The van der Waals surface area contributed by atoms with Crippen molar-refractivity contribution in [3.8, 4) is 0 Å². The van der Waals surface area contributed by atoms with Crippen molar-refractivity contribution in [2.75, 3.05) is 6.54 Å². The summed E-state index contributed by atoms with van der Waals surface area (Å²) < 4.78 is 13.2. The zero-order chi connectivity index (χ0) is 25.0. The number of guanidine groups is 1. The van der Waals surface area contributed by atoms with Crippen LogP contribution in [0.25, 0.3) is 0 Å². The molecule has 35 heavy (non-hydrogen) atoms. The molecule has 0 radical (unpaired) electrons. The number of hydrogen-bond donors (Lipinski definition) is 4. The fourth-order valence-corrected chi connectivity index (χ4v) is 3.73. The molecule has 0 aliphatic carbocycles. The van der Waals surface area contributed by atoms with Crippen molar-refractivity contribution in [1.82, 2.24) is 10.6 Å². The molecule has 3 rings (SSSR count). The number of nitrogens with two attached hydrogens (primary N) is 2. The van der Waals surface area contributed by atoms with Gasteiger partial charge in [-0.1, -0.05) is 72.8 Å². The van der Waals surface area contributed by atoms with Crippen LogP contribution in [-0.4, -0.2) is 30.4 Å². The molecule has 0 unspecified atom stereocenters. The molecule has 0 spiro atoms. The molecule has 1 atom stereocenters. The number of carbonyl (C=O) groups excluding carboxylic acids is 2. The third kappa shape index (κ3) is 7.96. The quantitative estimate of drug-likeness (QED) is 0.193. The van der Waals surface area contributed by atoms with Crippen LogP contribution in [0.1, 0.15) is 35.4 Å². The normalized spacial score (nSPS) is 11.5. The van der Waals surface area contributed by atoms with E-state index in [0.29, 0.717) is 19.4 Å². The van der Waals surface area contributed by atoms with Gasteiger partial charge in [-0.15, -0.1) is 0 Å². The summed E-state index contributed by atoms with van der Waals surface area (Å²) in [4.78, 5) is 30.5. The maximum atomic E-state index is 13.5. The summed E-state index contributed by atoms with van der Waals surface area (Å²) in [7, 11) is 0. The third-order valence-electron chi connectivity index (χ3n) is 5.49. The van der Waals surface area contributed by atoms with E-state index in [1.807, 2.05) is 60.7 Å². The van der Waals surface area contributed by atoms with Crippen LogP contribution in [0.3, 0.4) is 0 Å². The highest BCUT2D eigenvalue weighted by Crippen LogP contribution is 2.25. The molecule has 7 nitrogen and oxygen atoms in total. The summed E-state index contributed by atoms with van der Waals surface area (Å²) in [6.45, 7) is 0.543. The first kappa shape index (κ1) is 25.4. The second-order valence-corrected chi connectivity index (χ2v) is 8.11. The average molecular weight is 476 g/mol. The van der Waals surface area contributed by atoms with Gasteiger partial charge in [0, 0.05) is 13.1 Å². The molecule has 0 saturated carbocycles. The van der Waals surface area contributed by atoms with E-state index >= 15 is 0 Å². The predicted octanol–water partition coefficient (Wildman–Crippen LogP) is 2.81. The standard InChI is InChI=1S/C27H30FN5O2/c28-22-15-13-19(14-16-22)18-32-25(34)23(12-7-17-31-27(29)30)33-26(35)24(20-8-3-1-4-9-20)21-10-5-2-6-11-21/h1-6,8-11,13-16,23-24H,7,12,17-18H2,(H,32,34)(H,33,35)(H4,29,30,31)/t23-/m1/s1. The van der Waals surface area contributed by atoms with Crippen molar-refractivity contribution >= 4 is 17.8 Å². The summed E-state index contributed by atoms with van der Waals surface area (Å²) >= 11 is 0. The molecule has 8 heteroatoms. The first-order chi connectivity index (χ1) is 16.9. The summed E-state index contributed by atoms with van der Waals surface area (Å²) in [5.41, 5.74) is 13.2. The number of halogens is 1. The van der Waals surface area contributed by atoms with E-state index in [0.717, 1.165) is 16.7 Å². The first-order valence-corrected chi connectivity index (χ1v) is 11.4. The number of carbonyl (C=O) groups is 2. The van der Waals surface area contributed by atoms with Crippen molar-refractivity contribution in [2.24, 2.45) is 16.5 Å². The van der Waals surface area contributed by atoms with Gasteiger partial charge in [0.05, 0.1) is 5.92 Å². The largest absolute Gasteiger partial charge is 0.370 e. The van der Waals surface area contributed by atoms with Gasteiger partial charge < -0.3 is 22.1 Å². The number of rotatable bonds is 11. The molecule has 0 fully saturated rings. The van der Waals surface area contributed by atoms with Gasteiger partial charge in [0.1, 0.15) is 11.9 Å². The number of aliphatic imine (C=N–C) groups is 1. The maximum absolute atomic E-state index is 13.5. The Hall–Kier alpha value is -4.20. The molecule has 3 aromatic carbocycles. The Bertz CT molecular complexity index is 1080. The fourth-order valence-electron chi connectivity index (χ4n) is 3.73. The van der Waals surface area contributed by atoms with Crippen molar-refractivity contribution in [3.63, 3.8) is 0 Å². The van der Waals surface area contributed by atoms with Crippen LogP contribution in [0.4, 0.5) is 4.39 Å². The first-order valence-electron chi connectivity index (χ1n) is 11.4. The van der Waals surface area contributed by atoms with E-state index in [9.17, 15) is 14.0 Å². The van der Waals surface area contributed by atoms with Crippen molar-refractivity contribution < 1.29 is 14.0 Å². The summed E-state index contributed by atoms with van der Waals surface area (Å²) in [5, 5.41) is 5.76. The molecular formula is C27H30FN5O2. The minimum Gasteiger partial charge on any atom is -0.370 e. The number of amides is 2. The molecule has 0 aliphatic heterocycles. The van der Waals surface area contributed by atoms with Crippen LogP contribution in [0.5, 0.6) is 0 Å². The van der Waals surface area contributed by atoms with Gasteiger partial charge in [-0.2, -0.15) is 0 Å². The second-order valence-electron chi connectivity index (χ2n) is 8.11. The molecule has 6 N–H and O–H groups in total. The highest BCUT2D eigenvalue weighted by molar-refractivity contribution is 5.92. The van der Waals surface area contributed by atoms with E-state index in [1.165, 1.54) is 12.1 Å². The monoisotopic (exact) mass is 475 g/mol. The van der Waals surface area contributed by atoms with E-state index < -0.39 is 12.0 Å². The highest BCUT2D eigenvalue weighted by atomic mass is 19.1. The summed E-state index contributed by atoms with van der Waals surface area (Å²) in [6.07, 6.45) is 0.836. The SMILES string of the molecule is NC(N)=NCCC[C@@H](NC(=O)C(c1ccccc1)c1ccccc1)C(=O)NCc1ccc(F)cc1. The predicted molar refractivity (Wildman–Crippen MR) is 135 cm³/mol. The molecule has 0 saturated heterocycles. The minimum absolute atomic E-state index is 0.0282. The number of benzene rings is 3. The molecule has 0 aromatic heterocycles. The van der Waals surface area contributed by atoms with E-state index in [4.69, 9.17) is 11.5 Å². The van der Waals surface area contributed by atoms with Crippen molar-refractivity contribution in [1.29, 1.82) is 0 Å². The molecule has 0 heterocycles. The number of nitrogens with zero attached hydrogens (tertiary/aromatic N) is 1. The lowest BCUT2D eigenvalue weighted by molar-refractivity contribution is -0.129. The van der Waals surface area contributed by atoms with Crippen LogP contribution in [-0.2, 0) is 16.1 Å². The van der Waals surface area contributed by atoms with Crippen LogP contribution >= 0.6 is 0 Å². The molecular weight excluding hydrogens is 445 g/mol. The molecule has 182 valence electrons. The smallest absolute Gasteiger partial charge is 0.242 e. The third-order valence-corrected chi connectivity index (χ3v) is 5.49. The van der Waals surface area contributed by atoms with Crippen molar-refractivity contribution in [3.05, 3.63) is 107 Å². The lowest BCUT2D eigenvalue weighted by atomic mass is 9.90. The van der Waals surface area contributed by atoms with Gasteiger partial charge in [-0.05, 0) is 41.7 Å². The van der Waals surface area contributed by atoms with Crippen LogP contribution in [0.15, 0.2) is 89.9 Å². The fraction of sp³-hybridized carbons (Fsp3) is 0.222. The van der Waals surface area contributed by atoms with E-state index in [1.54, 1.807) is 12.1 Å². The second kappa shape index (κ2) is 12.9. The molecule has 0 bridgehead atoms. The van der Waals surface area contributed by atoms with E-state index in [-0.39, 0.29) is 30.1 Å². The van der Waals surface area contributed by atoms with Gasteiger partial charge in [0.25, 0.3) is 0 Å². The zero-order valence-electron chi connectivity index (χ0n) is 19.4. The Morgan fingerprint density at radius 1 is 0.829 bits per heavy atom. The Morgan fingerprint density at radius 2 is 1.40 bits per heavy atom. The maximum Gasteiger partial charge on any atom is 0.242 e. The van der Waals surface area contributed by atoms with Gasteiger partial charge in [0.15, 0.2) is 5.96 Å². The zero-order valence-corrected chi connectivity index (χ0v) is 19.4. The Morgan fingerprint density at radius 3 is 1.94 bits per heavy atom. The van der Waals surface area contributed by atoms with Gasteiger partial charge in [-0.3, -0.25) is 14.6 Å². The molecule has 2 amide bonds. The highest BCUT2D eigenvalue weighted by Gasteiger charge is 2.27. The topological polar surface area (TPSA) is 123 Å². The van der Waals surface area contributed by atoms with Crippen LogP contribution < -0.4 is 22.1 Å². The lowest BCUT2D eigenvalue weighted by Gasteiger charge is -2.23. The Kier molecular flexibility index (Phi) is 9.36. The summed E-state index contributed by atoms with van der Waals surface area (Å²) in [6, 6.07) is 23.9. The van der Waals surface area contributed by atoms with Crippen LogP contribution in [0, 0.1) is 5.82 Å². The average Bonchev–Trinajstić information content (AvgIpc) is 2.86. The lowest BCUT2D eigenvalue weighted by Crippen LogP contribution is -2.48. The minimum atomic E-state index is -0.799. The van der Waals surface area contributed by atoms with E-state index in [2.05, 4.69) is 15.6 Å². The van der Waals surface area contributed by atoms with Crippen molar-refractivity contribution in [2.45, 2.75) is 31.3 Å². The Balaban J connectivity index is 1.76.